The summed E-state index contributed by atoms with van der Waals surface area (Å²) in [5.74, 6) is 0. The number of aryl methyl sites for hydroxylation is 1. The number of hydrogen-bond acceptors (Lipinski definition) is 7. The molecule has 0 heterocycles. The average molecular weight is 432 g/mol. The summed E-state index contributed by atoms with van der Waals surface area (Å²) < 4.78 is 2.43. The second-order valence-electron chi connectivity index (χ2n) is 5.32. The molecule has 1 aromatic carbocycles. The summed E-state index contributed by atoms with van der Waals surface area (Å²) in [6.45, 7) is 3.60. The van der Waals surface area contributed by atoms with Gasteiger partial charge in [0.1, 0.15) is 5.04 Å². The fourth-order valence-corrected chi connectivity index (χ4v) is 2.64. The molecule has 0 N–H and O–H groups in total. The van der Waals surface area contributed by atoms with Crippen LogP contribution in [0.15, 0.2) is 28.3 Å². The number of benzene rings is 1. The number of urea groups is 1. The van der Waals surface area contributed by atoms with E-state index in [4.69, 9.17) is 16.4 Å². The number of amides is 3. The molecule has 0 bridgehead atoms. The SMILES string of the molecule is CSC(C)=NOC(=O)N(C)SN(C)C(=O)N(C)C=Nc1ccc(Cl)cc1C. The maximum Gasteiger partial charge on any atom is 0.447 e. The third-order valence-electron chi connectivity index (χ3n) is 3.15. The zero-order valence-electron chi connectivity index (χ0n) is 16.0. The Morgan fingerprint density at radius 2 is 1.89 bits per heavy atom. The molecule has 1 rings (SSSR count). The van der Waals surface area contributed by atoms with Gasteiger partial charge in [-0.15, -0.1) is 11.8 Å². The Hall–Kier alpha value is -1.91. The van der Waals surface area contributed by atoms with E-state index in [9.17, 15) is 9.59 Å². The zero-order valence-corrected chi connectivity index (χ0v) is 18.4. The summed E-state index contributed by atoms with van der Waals surface area (Å²) in [5, 5.41) is 4.89. The number of thioether (sulfide) groups is 1. The molecule has 0 saturated carbocycles. The summed E-state index contributed by atoms with van der Waals surface area (Å²) in [7, 11) is 4.58. The molecule has 1 aromatic rings. The first kappa shape index (κ1) is 23.1. The van der Waals surface area contributed by atoms with Crippen molar-refractivity contribution in [2.75, 3.05) is 27.4 Å². The van der Waals surface area contributed by atoms with Gasteiger partial charge in [0.15, 0.2) is 0 Å². The van der Waals surface area contributed by atoms with E-state index in [1.54, 1.807) is 32.2 Å². The van der Waals surface area contributed by atoms with Crippen LogP contribution < -0.4 is 0 Å². The minimum absolute atomic E-state index is 0.376. The molecule has 0 spiro atoms. The van der Waals surface area contributed by atoms with E-state index < -0.39 is 6.09 Å². The Morgan fingerprint density at radius 3 is 2.48 bits per heavy atom. The van der Waals surface area contributed by atoms with E-state index in [0.717, 1.165) is 22.0 Å². The number of rotatable bonds is 5. The van der Waals surface area contributed by atoms with Crippen LogP contribution in [0.2, 0.25) is 5.02 Å². The number of carbonyl (C=O) groups is 2. The van der Waals surface area contributed by atoms with Crippen molar-refractivity contribution in [2.45, 2.75) is 13.8 Å². The predicted octanol–water partition coefficient (Wildman–Crippen LogP) is 4.62. The minimum atomic E-state index is -0.693. The molecular weight excluding hydrogens is 410 g/mol. The van der Waals surface area contributed by atoms with Crippen molar-refractivity contribution in [1.29, 1.82) is 0 Å². The van der Waals surface area contributed by atoms with Crippen molar-refractivity contribution in [2.24, 2.45) is 10.1 Å². The van der Waals surface area contributed by atoms with Crippen LogP contribution in [0.3, 0.4) is 0 Å². The van der Waals surface area contributed by atoms with Gasteiger partial charge in [0.05, 0.1) is 24.2 Å². The Kier molecular flexibility index (Phi) is 9.47. The standard InChI is InChI=1S/C16H22ClN5O3S2/c1-11-9-13(17)7-8-14(11)18-10-20(3)15(23)21(4)27-22(5)16(24)25-19-12(2)26-6/h7-10H,1-6H3. The molecule has 11 heteroatoms. The number of aliphatic imine (C=N–C) groups is 1. The fourth-order valence-electron chi connectivity index (χ4n) is 1.63. The molecule has 0 atom stereocenters. The first-order valence-electron chi connectivity index (χ1n) is 7.68. The van der Waals surface area contributed by atoms with Crippen LogP contribution in [0.5, 0.6) is 0 Å². The van der Waals surface area contributed by atoms with Crippen molar-refractivity contribution in [3.63, 3.8) is 0 Å². The van der Waals surface area contributed by atoms with E-state index in [-0.39, 0.29) is 6.03 Å². The Bertz CT molecular complexity index is 745. The Balaban J connectivity index is 2.63. The highest BCUT2D eigenvalue weighted by atomic mass is 35.5. The van der Waals surface area contributed by atoms with Gasteiger partial charge in [0.25, 0.3) is 0 Å². The van der Waals surface area contributed by atoms with E-state index in [1.165, 1.54) is 41.4 Å². The number of carbonyl (C=O) groups excluding carboxylic acids is 2. The van der Waals surface area contributed by atoms with Crippen LogP contribution in [0.25, 0.3) is 0 Å². The van der Waals surface area contributed by atoms with Gasteiger partial charge in [-0.25, -0.2) is 18.9 Å². The summed E-state index contributed by atoms with van der Waals surface area (Å²) in [6.07, 6.45) is 2.53. The number of nitrogens with zero attached hydrogens (tertiary/aromatic N) is 5. The van der Waals surface area contributed by atoms with E-state index in [1.807, 2.05) is 13.2 Å². The maximum absolute atomic E-state index is 12.4. The molecule has 0 saturated heterocycles. The third-order valence-corrected chi connectivity index (χ3v) is 4.85. The highest BCUT2D eigenvalue weighted by Gasteiger charge is 2.20. The topological polar surface area (TPSA) is 77.8 Å². The highest BCUT2D eigenvalue weighted by Crippen LogP contribution is 2.22. The van der Waals surface area contributed by atoms with E-state index in [2.05, 4.69) is 10.1 Å². The summed E-state index contributed by atoms with van der Waals surface area (Å²) in [4.78, 5) is 34.6. The monoisotopic (exact) mass is 431 g/mol. The lowest BCUT2D eigenvalue weighted by Gasteiger charge is -2.23. The van der Waals surface area contributed by atoms with Gasteiger partial charge in [0.2, 0.25) is 0 Å². The Morgan fingerprint density at radius 1 is 1.22 bits per heavy atom. The quantitative estimate of drug-likeness (QED) is 0.223. The molecule has 27 heavy (non-hydrogen) atoms. The summed E-state index contributed by atoms with van der Waals surface area (Å²) in [6, 6.07) is 4.91. The van der Waals surface area contributed by atoms with Gasteiger partial charge >= 0.3 is 12.1 Å². The predicted molar refractivity (Wildman–Crippen MR) is 114 cm³/mol. The van der Waals surface area contributed by atoms with Crippen LogP contribution in [-0.2, 0) is 4.84 Å². The van der Waals surface area contributed by atoms with Gasteiger partial charge in [-0.05, 0) is 43.9 Å². The van der Waals surface area contributed by atoms with Gasteiger partial charge in [0, 0.05) is 26.2 Å². The lowest BCUT2D eigenvalue weighted by atomic mass is 10.2. The lowest BCUT2D eigenvalue weighted by Crippen LogP contribution is -2.37. The maximum atomic E-state index is 12.4. The number of hydrogen-bond donors (Lipinski definition) is 0. The second kappa shape index (κ2) is 11.1. The molecule has 0 fully saturated rings. The van der Waals surface area contributed by atoms with E-state index in [0.29, 0.717) is 15.8 Å². The minimum Gasteiger partial charge on any atom is -0.296 e. The third kappa shape index (κ3) is 7.69. The van der Waals surface area contributed by atoms with Crippen molar-refractivity contribution in [3.05, 3.63) is 28.8 Å². The molecular formula is C16H22ClN5O3S2. The molecule has 3 amide bonds. The second-order valence-corrected chi connectivity index (χ2v) is 8.01. The van der Waals surface area contributed by atoms with Gasteiger partial charge in [-0.3, -0.25) is 14.0 Å². The zero-order chi connectivity index (χ0) is 20.6. The van der Waals surface area contributed by atoms with E-state index >= 15 is 0 Å². The smallest absolute Gasteiger partial charge is 0.296 e. The molecule has 0 unspecified atom stereocenters. The van der Waals surface area contributed by atoms with Crippen molar-refractivity contribution < 1.29 is 14.4 Å². The van der Waals surface area contributed by atoms with Gasteiger partial charge in [-0.2, -0.15) is 0 Å². The summed E-state index contributed by atoms with van der Waals surface area (Å²) in [5.41, 5.74) is 1.60. The number of halogens is 1. The average Bonchev–Trinajstić information content (AvgIpc) is 2.63. The Labute approximate surface area is 172 Å². The molecule has 0 radical (unpaired) electrons. The highest BCUT2D eigenvalue weighted by molar-refractivity contribution is 8.13. The normalized spacial score (nSPS) is 11.4. The van der Waals surface area contributed by atoms with Crippen molar-refractivity contribution in [3.8, 4) is 0 Å². The van der Waals surface area contributed by atoms with Crippen molar-refractivity contribution in [1.82, 2.24) is 13.5 Å². The first-order valence-corrected chi connectivity index (χ1v) is 10.0. The van der Waals surface area contributed by atoms with Crippen LogP contribution in [0.4, 0.5) is 15.3 Å². The molecule has 0 aliphatic rings. The van der Waals surface area contributed by atoms with Gasteiger partial charge < -0.3 is 0 Å². The fraction of sp³-hybridized carbons (Fsp3) is 0.375. The number of oxime groups is 1. The van der Waals surface area contributed by atoms with Crippen LogP contribution in [0.1, 0.15) is 12.5 Å². The molecule has 0 aliphatic carbocycles. The van der Waals surface area contributed by atoms with Crippen LogP contribution in [0, 0.1) is 6.92 Å². The summed E-state index contributed by atoms with van der Waals surface area (Å²) >= 11 is 8.15. The first-order chi connectivity index (χ1) is 12.6. The lowest BCUT2D eigenvalue weighted by molar-refractivity contribution is 0.136. The van der Waals surface area contributed by atoms with Crippen LogP contribution >= 0.6 is 35.5 Å². The molecule has 0 aliphatic heterocycles. The molecule has 8 nitrogen and oxygen atoms in total. The molecule has 148 valence electrons. The van der Waals surface area contributed by atoms with Gasteiger partial charge in [-0.1, -0.05) is 16.8 Å². The van der Waals surface area contributed by atoms with Crippen LogP contribution in [-0.4, -0.2) is 64.4 Å². The largest absolute Gasteiger partial charge is 0.447 e. The molecule has 0 aromatic heterocycles. The van der Waals surface area contributed by atoms with Crippen molar-refractivity contribution >= 4 is 64.7 Å².